The number of carbonyl (C=O) groups excluding carboxylic acids is 1. The third-order valence-electron chi connectivity index (χ3n) is 4.96. The molecule has 1 N–H and O–H groups in total. The molecule has 1 amide bonds. The molecule has 1 fully saturated rings. The lowest BCUT2D eigenvalue weighted by atomic mass is 10.1. The average Bonchev–Trinajstić information content (AvgIpc) is 3.21. The number of carbonyl (C=O) groups is 1. The van der Waals surface area contributed by atoms with Gasteiger partial charge in [-0.2, -0.15) is 5.26 Å². The second-order valence-corrected chi connectivity index (χ2v) is 8.18. The Morgan fingerprint density at radius 2 is 1.82 bits per heavy atom. The Morgan fingerprint density at radius 3 is 2.56 bits per heavy atom. The molecule has 0 bridgehead atoms. The fraction of sp³-hybridized carbons (Fsp3) is 0.115. The minimum atomic E-state index is -0.218. The first-order valence-corrected chi connectivity index (χ1v) is 11.1. The first-order chi connectivity index (χ1) is 16.6. The summed E-state index contributed by atoms with van der Waals surface area (Å²) in [7, 11) is 3.16. The number of ether oxygens (including phenoxy) is 3. The molecule has 170 valence electrons. The number of benzene rings is 3. The number of amides is 1. The summed E-state index contributed by atoms with van der Waals surface area (Å²) in [5.74, 6) is 1.59. The van der Waals surface area contributed by atoms with E-state index in [2.05, 4.69) is 16.4 Å². The van der Waals surface area contributed by atoms with Gasteiger partial charge in [-0.1, -0.05) is 24.3 Å². The van der Waals surface area contributed by atoms with Crippen LogP contribution in [0.4, 0.5) is 5.69 Å². The highest BCUT2D eigenvalue weighted by Crippen LogP contribution is 2.33. The van der Waals surface area contributed by atoms with Crippen LogP contribution in [-0.2, 0) is 11.4 Å². The molecule has 3 aromatic rings. The van der Waals surface area contributed by atoms with Gasteiger partial charge in [-0.25, -0.2) is 4.99 Å². The highest BCUT2D eigenvalue weighted by Gasteiger charge is 2.24. The van der Waals surface area contributed by atoms with Gasteiger partial charge in [0.05, 0.1) is 36.4 Å². The van der Waals surface area contributed by atoms with E-state index in [1.54, 1.807) is 38.5 Å². The molecule has 0 unspecified atom stereocenters. The van der Waals surface area contributed by atoms with Crippen molar-refractivity contribution in [1.29, 1.82) is 5.26 Å². The molecule has 1 saturated heterocycles. The molecule has 34 heavy (non-hydrogen) atoms. The molecule has 0 spiro atoms. The zero-order valence-corrected chi connectivity index (χ0v) is 19.4. The Kier molecular flexibility index (Phi) is 7.16. The van der Waals surface area contributed by atoms with Gasteiger partial charge in [0.2, 0.25) is 0 Å². The van der Waals surface area contributed by atoms with Crippen LogP contribution < -0.4 is 19.5 Å². The molecule has 3 aromatic carbocycles. The molecule has 0 radical (unpaired) electrons. The van der Waals surface area contributed by atoms with Crippen LogP contribution in [0.1, 0.15) is 16.7 Å². The number of nitriles is 1. The Bertz CT molecular complexity index is 1310. The van der Waals surface area contributed by atoms with Crippen molar-refractivity contribution in [3.05, 3.63) is 88.3 Å². The topological polar surface area (TPSA) is 92.9 Å². The lowest BCUT2D eigenvalue weighted by molar-refractivity contribution is -0.115. The lowest BCUT2D eigenvalue weighted by Crippen LogP contribution is -2.19. The average molecular weight is 472 g/mol. The second kappa shape index (κ2) is 10.6. The third-order valence-corrected chi connectivity index (χ3v) is 5.87. The van der Waals surface area contributed by atoms with Crippen LogP contribution in [0, 0.1) is 11.3 Å². The number of nitrogens with zero attached hydrogens (tertiary/aromatic N) is 2. The van der Waals surface area contributed by atoms with Crippen LogP contribution in [0.5, 0.6) is 17.2 Å². The molecule has 0 aliphatic carbocycles. The van der Waals surface area contributed by atoms with E-state index in [0.29, 0.717) is 32.8 Å². The van der Waals surface area contributed by atoms with E-state index < -0.39 is 0 Å². The van der Waals surface area contributed by atoms with E-state index in [4.69, 9.17) is 14.2 Å². The molecular weight excluding hydrogens is 450 g/mol. The van der Waals surface area contributed by atoms with Gasteiger partial charge < -0.3 is 19.5 Å². The van der Waals surface area contributed by atoms with Crippen molar-refractivity contribution in [2.45, 2.75) is 6.61 Å². The van der Waals surface area contributed by atoms with E-state index in [0.717, 1.165) is 16.9 Å². The van der Waals surface area contributed by atoms with Gasteiger partial charge in [0, 0.05) is 5.56 Å². The lowest BCUT2D eigenvalue weighted by Gasteiger charge is -2.12. The van der Waals surface area contributed by atoms with E-state index >= 15 is 0 Å². The van der Waals surface area contributed by atoms with Gasteiger partial charge in [-0.3, -0.25) is 4.79 Å². The minimum absolute atomic E-state index is 0.218. The third kappa shape index (κ3) is 5.39. The summed E-state index contributed by atoms with van der Waals surface area (Å²) in [5.41, 5.74) is 2.86. The van der Waals surface area contributed by atoms with Gasteiger partial charge in [-0.15, -0.1) is 0 Å². The number of thioether (sulfide) groups is 1. The quantitative estimate of drug-likeness (QED) is 0.485. The molecule has 0 saturated carbocycles. The zero-order valence-electron chi connectivity index (χ0n) is 18.6. The van der Waals surface area contributed by atoms with Crippen molar-refractivity contribution in [3.63, 3.8) is 0 Å². The summed E-state index contributed by atoms with van der Waals surface area (Å²) in [4.78, 5) is 17.4. The summed E-state index contributed by atoms with van der Waals surface area (Å²) in [5, 5.41) is 12.5. The molecule has 7 nitrogen and oxygen atoms in total. The van der Waals surface area contributed by atoms with Gasteiger partial charge in [-0.05, 0) is 65.9 Å². The Labute approximate surface area is 201 Å². The molecule has 0 atom stereocenters. The van der Waals surface area contributed by atoms with Crippen molar-refractivity contribution < 1.29 is 19.0 Å². The summed E-state index contributed by atoms with van der Waals surface area (Å²) in [6.45, 7) is 0.240. The first-order valence-electron chi connectivity index (χ1n) is 10.3. The van der Waals surface area contributed by atoms with Crippen LogP contribution in [0.15, 0.2) is 76.6 Å². The highest BCUT2D eigenvalue weighted by atomic mass is 32.2. The summed E-state index contributed by atoms with van der Waals surface area (Å²) >= 11 is 1.26. The molecule has 4 rings (SSSR count). The van der Waals surface area contributed by atoms with E-state index in [1.165, 1.54) is 11.8 Å². The maximum Gasteiger partial charge on any atom is 0.264 e. The smallest absolute Gasteiger partial charge is 0.264 e. The zero-order chi connectivity index (χ0) is 23.9. The normalized spacial score (nSPS) is 15.1. The second-order valence-electron chi connectivity index (χ2n) is 7.15. The van der Waals surface area contributed by atoms with Crippen LogP contribution >= 0.6 is 11.8 Å². The standard InChI is InChI=1S/C26H21N3O4S/c1-31-21-10-8-20(9-11-21)28-26-29-25(30)24(34-26)14-17-7-12-22(23(13-17)32-2)33-16-19-6-4-3-5-18(19)15-27/h3-14H,16H2,1-2H3,(H,28,29,30)/b24-14+. The number of rotatable bonds is 7. The molecule has 0 aromatic heterocycles. The number of hydrogen-bond donors (Lipinski definition) is 1. The Morgan fingerprint density at radius 1 is 1.03 bits per heavy atom. The van der Waals surface area contributed by atoms with Crippen molar-refractivity contribution in [2.75, 3.05) is 14.2 Å². The van der Waals surface area contributed by atoms with Crippen molar-refractivity contribution >= 4 is 34.6 Å². The molecule has 1 aliphatic heterocycles. The predicted molar refractivity (Wildman–Crippen MR) is 132 cm³/mol. The van der Waals surface area contributed by atoms with Crippen molar-refractivity contribution in [2.24, 2.45) is 4.99 Å². The first kappa shape index (κ1) is 23.0. The summed E-state index contributed by atoms with van der Waals surface area (Å²) < 4.78 is 16.5. The number of nitrogens with one attached hydrogen (secondary N) is 1. The van der Waals surface area contributed by atoms with Crippen LogP contribution in [0.25, 0.3) is 6.08 Å². The molecule has 1 aliphatic rings. The van der Waals surface area contributed by atoms with Crippen LogP contribution in [-0.4, -0.2) is 25.3 Å². The maximum atomic E-state index is 12.4. The predicted octanol–water partition coefficient (Wildman–Crippen LogP) is 5.05. The molecule has 1 heterocycles. The number of amidine groups is 1. The van der Waals surface area contributed by atoms with Gasteiger partial charge in [0.1, 0.15) is 12.4 Å². The van der Waals surface area contributed by atoms with Crippen molar-refractivity contribution in [3.8, 4) is 23.3 Å². The van der Waals surface area contributed by atoms with Crippen LogP contribution in [0.3, 0.4) is 0 Å². The number of methoxy groups -OCH3 is 2. The fourth-order valence-corrected chi connectivity index (χ4v) is 4.05. The van der Waals surface area contributed by atoms with E-state index in [9.17, 15) is 10.1 Å². The molecule has 8 heteroatoms. The Hall–Kier alpha value is -4.22. The van der Waals surface area contributed by atoms with E-state index in [1.807, 2.05) is 48.5 Å². The fourth-order valence-electron chi connectivity index (χ4n) is 3.21. The van der Waals surface area contributed by atoms with E-state index in [-0.39, 0.29) is 12.5 Å². The van der Waals surface area contributed by atoms with Crippen LogP contribution in [0.2, 0.25) is 0 Å². The molecular formula is C26H21N3O4S. The summed E-state index contributed by atoms with van der Waals surface area (Å²) in [6, 6.07) is 22.1. The summed E-state index contributed by atoms with van der Waals surface area (Å²) in [6.07, 6.45) is 1.77. The van der Waals surface area contributed by atoms with Gasteiger partial charge in [0.25, 0.3) is 5.91 Å². The largest absolute Gasteiger partial charge is 0.497 e. The highest BCUT2D eigenvalue weighted by molar-refractivity contribution is 8.18. The van der Waals surface area contributed by atoms with Crippen molar-refractivity contribution in [1.82, 2.24) is 5.32 Å². The van der Waals surface area contributed by atoms with Gasteiger partial charge >= 0.3 is 0 Å². The Balaban J connectivity index is 1.48. The number of hydrogen-bond acceptors (Lipinski definition) is 7. The number of aliphatic imine (C=N–C) groups is 1. The van der Waals surface area contributed by atoms with Gasteiger partial charge in [0.15, 0.2) is 16.7 Å². The monoisotopic (exact) mass is 471 g/mol. The maximum absolute atomic E-state index is 12.4. The minimum Gasteiger partial charge on any atom is -0.497 e. The SMILES string of the molecule is COc1ccc(N=C2NC(=O)/C(=C\c3ccc(OCc4ccccc4C#N)c(OC)c3)S2)cc1.